The van der Waals surface area contributed by atoms with Gasteiger partial charge in [-0.25, -0.2) is 22.0 Å². The molecule has 2 N–H and O–H groups in total. The van der Waals surface area contributed by atoms with Crippen LogP contribution in [0.5, 0.6) is 0 Å². The minimum atomic E-state index is -3.77. The van der Waals surface area contributed by atoms with Gasteiger partial charge >= 0.3 is 0 Å². The summed E-state index contributed by atoms with van der Waals surface area (Å²) in [6, 6.07) is 6.21. The first-order chi connectivity index (χ1) is 12.2. The van der Waals surface area contributed by atoms with E-state index in [2.05, 4.69) is 0 Å². The molecule has 0 aromatic carbocycles. The first-order valence-electron chi connectivity index (χ1n) is 7.61. The maximum atomic E-state index is 12.5. The van der Waals surface area contributed by atoms with Gasteiger partial charge in [-0.1, -0.05) is 6.07 Å². The van der Waals surface area contributed by atoms with Gasteiger partial charge in [0, 0.05) is 31.1 Å². The average Bonchev–Trinajstić information content (AvgIpc) is 3.26. The van der Waals surface area contributed by atoms with Crippen molar-refractivity contribution in [1.82, 2.24) is 9.21 Å². The van der Waals surface area contributed by atoms with Gasteiger partial charge in [-0.05, 0) is 23.6 Å². The molecule has 1 aliphatic heterocycles. The number of sulfonamides is 2. The van der Waals surface area contributed by atoms with Crippen molar-refractivity contribution >= 4 is 48.6 Å². The van der Waals surface area contributed by atoms with Crippen LogP contribution in [-0.4, -0.2) is 58.1 Å². The van der Waals surface area contributed by atoms with Crippen LogP contribution < -0.4 is 5.14 Å². The molecule has 1 fully saturated rings. The Kier molecular flexibility index (Phi) is 5.51. The van der Waals surface area contributed by atoms with Crippen molar-refractivity contribution in [2.45, 2.75) is 14.8 Å². The summed E-state index contributed by atoms with van der Waals surface area (Å²) < 4.78 is 49.2. The summed E-state index contributed by atoms with van der Waals surface area (Å²) in [6.07, 6.45) is 0.0673. The highest BCUT2D eigenvalue weighted by Gasteiger charge is 2.30. The van der Waals surface area contributed by atoms with Crippen LogP contribution in [0.3, 0.4) is 0 Å². The third-order valence-corrected chi connectivity index (χ3v) is 9.72. The first kappa shape index (κ1) is 19.5. The number of nitrogens with two attached hydrogens (primary N) is 1. The number of thiophene rings is 2. The van der Waals surface area contributed by atoms with Gasteiger partial charge in [0.1, 0.15) is 8.42 Å². The Morgan fingerprint density at radius 2 is 1.73 bits per heavy atom. The molecular weight excluding hydrogens is 418 g/mol. The summed E-state index contributed by atoms with van der Waals surface area (Å²) in [7, 11) is -7.27. The molecule has 3 rings (SSSR count). The summed E-state index contributed by atoms with van der Waals surface area (Å²) in [4.78, 5) is 14.6. The predicted molar refractivity (Wildman–Crippen MR) is 99.1 cm³/mol. The number of hydrogen-bond acceptors (Lipinski definition) is 7. The van der Waals surface area contributed by atoms with Crippen molar-refractivity contribution < 1.29 is 21.6 Å². The van der Waals surface area contributed by atoms with E-state index in [1.807, 2.05) is 0 Å². The van der Waals surface area contributed by atoms with E-state index in [4.69, 9.17) is 5.14 Å². The zero-order valence-corrected chi connectivity index (χ0v) is 16.8. The number of rotatable bonds is 5. The van der Waals surface area contributed by atoms with Crippen molar-refractivity contribution in [3.8, 4) is 0 Å². The lowest BCUT2D eigenvalue weighted by Gasteiger charge is -2.33. The number of piperazine rings is 1. The number of nitrogens with zero attached hydrogens (tertiary/aromatic N) is 2. The molecule has 1 aliphatic rings. The molecule has 1 amide bonds. The number of carbonyl (C=O) groups excluding carboxylic acids is 1. The maximum Gasteiger partial charge on any atom is 0.252 e. The Hall–Kier alpha value is -1.31. The molecule has 2 aromatic rings. The Morgan fingerprint density at radius 3 is 2.27 bits per heavy atom. The van der Waals surface area contributed by atoms with Gasteiger partial charge in [0.05, 0.1) is 6.42 Å². The smallest absolute Gasteiger partial charge is 0.252 e. The highest BCUT2D eigenvalue weighted by atomic mass is 32.3. The van der Waals surface area contributed by atoms with Crippen molar-refractivity contribution in [3.63, 3.8) is 0 Å². The lowest BCUT2D eigenvalue weighted by atomic mass is 10.3. The van der Waals surface area contributed by atoms with E-state index in [9.17, 15) is 21.6 Å². The Morgan fingerprint density at radius 1 is 1.04 bits per heavy atom. The van der Waals surface area contributed by atoms with E-state index >= 15 is 0 Å². The second-order valence-electron chi connectivity index (χ2n) is 5.66. The standard InChI is InChI=1S/C14H17N3O5S4/c15-25(19,20)14-4-3-11(24-14)10-12(18)16-5-7-17(8-6-16)26(21,22)13-2-1-9-23-13/h1-4,9H,5-8,10H2,(H2,15,19,20). The highest BCUT2D eigenvalue weighted by molar-refractivity contribution is 7.91. The van der Waals surface area contributed by atoms with Crippen LogP contribution in [0.15, 0.2) is 38.1 Å². The fourth-order valence-corrected chi connectivity index (χ4v) is 6.92. The normalized spacial score (nSPS) is 16.7. The molecule has 2 aromatic heterocycles. The molecule has 3 heterocycles. The predicted octanol–water partition coefficient (Wildman–Crippen LogP) is 0.533. The van der Waals surface area contributed by atoms with E-state index in [0.717, 1.165) is 11.3 Å². The second kappa shape index (κ2) is 7.37. The third-order valence-electron chi connectivity index (χ3n) is 3.92. The van der Waals surface area contributed by atoms with E-state index in [0.29, 0.717) is 22.2 Å². The molecule has 0 bridgehead atoms. The van der Waals surface area contributed by atoms with Gasteiger partial charge < -0.3 is 4.90 Å². The van der Waals surface area contributed by atoms with Gasteiger partial charge in [-0.15, -0.1) is 22.7 Å². The monoisotopic (exact) mass is 435 g/mol. The van der Waals surface area contributed by atoms with Gasteiger partial charge in [0.15, 0.2) is 0 Å². The Bertz CT molecular complexity index is 987. The number of hydrogen-bond donors (Lipinski definition) is 1. The van der Waals surface area contributed by atoms with Gasteiger partial charge in [-0.2, -0.15) is 4.31 Å². The van der Waals surface area contributed by atoms with Gasteiger partial charge in [0.25, 0.3) is 10.0 Å². The molecule has 1 saturated heterocycles. The van der Waals surface area contributed by atoms with Crippen molar-refractivity contribution in [3.05, 3.63) is 34.5 Å². The SMILES string of the molecule is NS(=O)(=O)c1ccc(CC(=O)N2CCN(S(=O)(=O)c3cccs3)CC2)s1. The molecule has 0 unspecified atom stereocenters. The van der Waals surface area contributed by atoms with E-state index in [1.54, 1.807) is 28.5 Å². The Balaban J connectivity index is 1.60. The quantitative estimate of drug-likeness (QED) is 0.735. The molecule has 0 radical (unpaired) electrons. The average molecular weight is 436 g/mol. The lowest BCUT2D eigenvalue weighted by molar-refractivity contribution is -0.131. The van der Waals surface area contributed by atoms with Crippen molar-refractivity contribution in [1.29, 1.82) is 0 Å². The molecule has 12 heteroatoms. The maximum absolute atomic E-state index is 12.5. The number of primary sulfonamides is 1. The fourth-order valence-electron chi connectivity index (χ4n) is 2.58. The molecule has 26 heavy (non-hydrogen) atoms. The molecule has 8 nitrogen and oxygen atoms in total. The zero-order valence-electron chi connectivity index (χ0n) is 13.6. The van der Waals surface area contributed by atoms with Crippen LogP contribution in [0.25, 0.3) is 0 Å². The highest BCUT2D eigenvalue weighted by Crippen LogP contribution is 2.23. The first-order valence-corrected chi connectivity index (χ1v) is 12.3. The number of carbonyl (C=O) groups is 1. The second-order valence-corrected chi connectivity index (χ2v) is 11.7. The van der Waals surface area contributed by atoms with E-state index < -0.39 is 20.0 Å². The molecule has 142 valence electrons. The summed E-state index contributed by atoms with van der Waals surface area (Å²) in [5, 5.41) is 6.78. The summed E-state index contributed by atoms with van der Waals surface area (Å²) >= 11 is 2.14. The van der Waals surface area contributed by atoms with E-state index in [1.165, 1.54) is 21.7 Å². The van der Waals surface area contributed by atoms with Crippen LogP contribution in [0.1, 0.15) is 4.88 Å². The molecular formula is C14H17N3O5S4. The summed E-state index contributed by atoms with van der Waals surface area (Å²) in [6.45, 7) is 1.07. The molecule has 0 atom stereocenters. The van der Waals surface area contributed by atoms with Crippen LogP contribution in [0, 0.1) is 0 Å². The van der Waals surface area contributed by atoms with Crippen LogP contribution in [0.4, 0.5) is 0 Å². The van der Waals surface area contributed by atoms with Gasteiger partial charge in [0.2, 0.25) is 15.9 Å². The third kappa shape index (κ3) is 4.15. The Labute approximate surface area is 159 Å². The van der Waals surface area contributed by atoms with Crippen LogP contribution >= 0.6 is 22.7 Å². The van der Waals surface area contributed by atoms with Crippen molar-refractivity contribution in [2.24, 2.45) is 5.14 Å². The molecule has 0 spiro atoms. The minimum Gasteiger partial charge on any atom is -0.340 e. The zero-order chi connectivity index (χ0) is 18.9. The topological polar surface area (TPSA) is 118 Å². The lowest BCUT2D eigenvalue weighted by Crippen LogP contribution is -2.50. The fraction of sp³-hybridized carbons (Fsp3) is 0.357. The van der Waals surface area contributed by atoms with Crippen LogP contribution in [0.2, 0.25) is 0 Å². The van der Waals surface area contributed by atoms with Crippen LogP contribution in [-0.2, 0) is 31.3 Å². The van der Waals surface area contributed by atoms with E-state index in [-0.39, 0.29) is 29.6 Å². The summed E-state index contributed by atoms with van der Waals surface area (Å²) in [5.41, 5.74) is 0. The molecule has 0 saturated carbocycles. The molecule has 0 aliphatic carbocycles. The number of amides is 1. The summed E-state index contributed by atoms with van der Waals surface area (Å²) in [5.74, 6) is -0.166. The minimum absolute atomic E-state index is 0.0205. The largest absolute Gasteiger partial charge is 0.340 e. The van der Waals surface area contributed by atoms with Crippen molar-refractivity contribution in [2.75, 3.05) is 26.2 Å². The van der Waals surface area contributed by atoms with Gasteiger partial charge in [-0.3, -0.25) is 4.79 Å².